The summed E-state index contributed by atoms with van der Waals surface area (Å²) in [5.41, 5.74) is 15.0. The SMILES string of the molecule is c1ccc(-c2ccc(-c3ccc4c5c(cccc35)C3(c5ccccc5-c5ccccc53)c3ccccc3-4)cc2)nc1. The highest BCUT2D eigenvalue weighted by Gasteiger charge is 2.49. The topological polar surface area (TPSA) is 12.9 Å². The van der Waals surface area contributed by atoms with E-state index in [0.29, 0.717) is 0 Å². The maximum absolute atomic E-state index is 4.54. The van der Waals surface area contributed by atoms with Gasteiger partial charge in [0.05, 0.1) is 11.1 Å². The lowest BCUT2D eigenvalue weighted by Gasteiger charge is -2.40. The second-order valence-electron chi connectivity index (χ2n) is 11.1. The van der Waals surface area contributed by atoms with Crippen molar-refractivity contribution in [3.8, 4) is 44.6 Å². The summed E-state index contributed by atoms with van der Waals surface area (Å²) in [7, 11) is 0. The summed E-state index contributed by atoms with van der Waals surface area (Å²) in [6, 6.07) is 53.5. The molecule has 1 heterocycles. The Kier molecular flexibility index (Phi) is 4.60. The summed E-state index contributed by atoms with van der Waals surface area (Å²) in [6.07, 6.45) is 1.85. The number of pyridine rings is 1. The molecular formula is C40H25N. The molecule has 0 saturated heterocycles. The van der Waals surface area contributed by atoms with Gasteiger partial charge in [-0.15, -0.1) is 0 Å². The molecule has 2 aliphatic carbocycles. The van der Waals surface area contributed by atoms with Gasteiger partial charge in [-0.3, -0.25) is 4.98 Å². The van der Waals surface area contributed by atoms with E-state index < -0.39 is 0 Å². The molecule has 0 unspecified atom stereocenters. The van der Waals surface area contributed by atoms with Crippen LogP contribution < -0.4 is 0 Å². The molecule has 41 heavy (non-hydrogen) atoms. The molecule has 0 amide bonds. The van der Waals surface area contributed by atoms with Crippen molar-refractivity contribution < 1.29 is 0 Å². The summed E-state index contributed by atoms with van der Waals surface area (Å²) in [4.78, 5) is 4.54. The highest BCUT2D eigenvalue weighted by Crippen LogP contribution is 2.62. The maximum Gasteiger partial charge on any atom is 0.0725 e. The lowest BCUT2D eigenvalue weighted by atomic mass is 9.61. The van der Waals surface area contributed by atoms with E-state index in [1.165, 1.54) is 66.4 Å². The molecule has 1 spiro atoms. The summed E-state index contributed by atoms with van der Waals surface area (Å²) in [5, 5.41) is 2.64. The van der Waals surface area contributed by atoms with Gasteiger partial charge in [0.2, 0.25) is 0 Å². The predicted octanol–water partition coefficient (Wildman–Crippen LogP) is 9.91. The van der Waals surface area contributed by atoms with Crippen LogP contribution in [0, 0.1) is 0 Å². The van der Waals surface area contributed by atoms with Gasteiger partial charge in [0, 0.05) is 11.8 Å². The summed E-state index contributed by atoms with van der Waals surface area (Å²) in [5.74, 6) is 0. The van der Waals surface area contributed by atoms with Crippen molar-refractivity contribution in [3.05, 3.63) is 174 Å². The summed E-state index contributed by atoms with van der Waals surface area (Å²) in [6.45, 7) is 0. The molecule has 0 N–H and O–H groups in total. The molecule has 9 rings (SSSR count). The van der Waals surface area contributed by atoms with Crippen molar-refractivity contribution in [1.82, 2.24) is 4.98 Å². The zero-order valence-corrected chi connectivity index (χ0v) is 22.4. The molecule has 0 radical (unpaired) electrons. The van der Waals surface area contributed by atoms with Gasteiger partial charge >= 0.3 is 0 Å². The van der Waals surface area contributed by atoms with E-state index in [0.717, 1.165) is 11.3 Å². The molecule has 0 saturated carbocycles. The fourth-order valence-electron chi connectivity index (χ4n) is 7.55. The molecule has 7 aromatic rings. The first-order valence-corrected chi connectivity index (χ1v) is 14.2. The molecule has 6 aromatic carbocycles. The van der Waals surface area contributed by atoms with Crippen LogP contribution in [0.1, 0.15) is 22.3 Å². The van der Waals surface area contributed by atoms with E-state index in [1.54, 1.807) is 0 Å². The predicted molar refractivity (Wildman–Crippen MR) is 169 cm³/mol. The zero-order chi connectivity index (χ0) is 27.0. The van der Waals surface area contributed by atoms with E-state index in [1.807, 2.05) is 18.3 Å². The van der Waals surface area contributed by atoms with Crippen LogP contribution in [0.15, 0.2) is 152 Å². The second kappa shape index (κ2) is 8.36. The van der Waals surface area contributed by atoms with Crippen molar-refractivity contribution in [2.45, 2.75) is 5.41 Å². The van der Waals surface area contributed by atoms with Crippen LogP contribution in [-0.4, -0.2) is 4.98 Å². The van der Waals surface area contributed by atoms with Gasteiger partial charge in [0.15, 0.2) is 0 Å². The van der Waals surface area contributed by atoms with Crippen molar-refractivity contribution in [2.24, 2.45) is 0 Å². The van der Waals surface area contributed by atoms with E-state index in [9.17, 15) is 0 Å². The summed E-state index contributed by atoms with van der Waals surface area (Å²) < 4.78 is 0. The third-order valence-electron chi connectivity index (χ3n) is 9.17. The van der Waals surface area contributed by atoms with Gasteiger partial charge in [0.25, 0.3) is 0 Å². The lowest BCUT2D eigenvalue weighted by molar-refractivity contribution is 0.773. The van der Waals surface area contributed by atoms with Crippen LogP contribution in [0.3, 0.4) is 0 Å². The molecule has 0 bridgehead atoms. The smallest absolute Gasteiger partial charge is 0.0725 e. The van der Waals surface area contributed by atoms with Crippen LogP contribution in [0.25, 0.3) is 55.4 Å². The number of rotatable bonds is 2. The number of hydrogen-bond acceptors (Lipinski definition) is 1. The Morgan fingerprint density at radius 1 is 0.366 bits per heavy atom. The standard InChI is InChI=1S/C40H25N/c1-4-14-34-29(10-1)30-11-2-5-15-35(30)40(34)36-16-6-3-12-31(36)33-24-23-28(32-13-9-17-37(40)39(32)33)26-19-21-27(22-20-26)38-18-7-8-25-41-38/h1-25H. The Bertz CT molecular complexity index is 2090. The highest BCUT2D eigenvalue weighted by atomic mass is 14.7. The Hall–Kier alpha value is -5.27. The normalized spacial score (nSPS) is 13.6. The van der Waals surface area contributed by atoms with E-state index in [-0.39, 0.29) is 5.41 Å². The number of benzene rings is 6. The minimum atomic E-state index is -0.363. The van der Waals surface area contributed by atoms with Gasteiger partial charge in [-0.05, 0) is 78.5 Å². The Balaban J connectivity index is 1.36. The van der Waals surface area contributed by atoms with Crippen LogP contribution >= 0.6 is 0 Å². The van der Waals surface area contributed by atoms with Crippen LogP contribution in [0.5, 0.6) is 0 Å². The monoisotopic (exact) mass is 519 g/mol. The highest BCUT2D eigenvalue weighted by molar-refractivity contribution is 6.11. The van der Waals surface area contributed by atoms with Crippen molar-refractivity contribution in [1.29, 1.82) is 0 Å². The molecule has 2 aliphatic rings. The molecule has 1 heteroatoms. The first kappa shape index (κ1) is 22.5. The van der Waals surface area contributed by atoms with Crippen LogP contribution in [0.2, 0.25) is 0 Å². The van der Waals surface area contributed by atoms with Crippen LogP contribution in [0.4, 0.5) is 0 Å². The average molecular weight is 520 g/mol. The van der Waals surface area contributed by atoms with E-state index >= 15 is 0 Å². The van der Waals surface area contributed by atoms with Gasteiger partial charge < -0.3 is 0 Å². The molecule has 0 atom stereocenters. The second-order valence-corrected chi connectivity index (χ2v) is 11.1. The fraction of sp³-hybridized carbons (Fsp3) is 0.0250. The molecule has 0 fully saturated rings. The minimum absolute atomic E-state index is 0.363. The summed E-state index contributed by atoms with van der Waals surface area (Å²) >= 11 is 0. The quantitative estimate of drug-likeness (QED) is 0.221. The van der Waals surface area contributed by atoms with E-state index in [2.05, 4.69) is 138 Å². The first-order chi connectivity index (χ1) is 20.4. The van der Waals surface area contributed by atoms with Gasteiger partial charge in [0.1, 0.15) is 0 Å². The molecular weight excluding hydrogens is 494 g/mol. The van der Waals surface area contributed by atoms with Gasteiger partial charge in [-0.1, -0.05) is 133 Å². The molecule has 0 aliphatic heterocycles. The average Bonchev–Trinajstić information content (AvgIpc) is 3.35. The number of fused-ring (bicyclic) bond motifs is 9. The Morgan fingerprint density at radius 2 is 0.902 bits per heavy atom. The third-order valence-corrected chi connectivity index (χ3v) is 9.17. The van der Waals surface area contributed by atoms with Crippen molar-refractivity contribution in [3.63, 3.8) is 0 Å². The lowest BCUT2D eigenvalue weighted by Crippen LogP contribution is -2.31. The Morgan fingerprint density at radius 3 is 1.54 bits per heavy atom. The van der Waals surface area contributed by atoms with E-state index in [4.69, 9.17) is 0 Å². The fourth-order valence-corrected chi connectivity index (χ4v) is 7.55. The Labute approximate surface area is 239 Å². The van der Waals surface area contributed by atoms with Crippen LogP contribution in [-0.2, 0) is 5.41 Å². The van der Waals surface area contributed by atoms with Crippen molar-refractivity contribution >= 4 is 10.8 Å². The van der Waals surface area contributed by atoms with Gasteiger partial charge in [-0.2, -0.15) is 0 Å². The first-order valence-electron chi connectivity index (χ1n) is 14.2. The zero-order valence-electron chi connectivity index (χ0n) is 22.4. The van der Waals surface area contributed by atoms with Crippen molar-refractivity contribution in [2.75, 3.05) is 0 Å². The molecule has 1 aromatic heterocycles. The largest absolute Gasteiger partial charge is 0.256 e. The maximum atomic E-state index is 4.54. The molecule has 1 nitrogen and oxygen atoms in total. The van der Waals surface area contributed by atoms with Gasteiger partial charge in [-0.25, -0.2) is 0 Å². The number of hydrogen-bond donors (Lipinski definition) is 0. The third kappa shape index (κ3) is 2.93. The number of nitrogens with zero attached hydrogens (tertiary/aromatic N) is 1. The number of aromatic nitrogens is 1. The molecule has 190 valence electrons. The minimum Gasteiger partial charge on any atom is -0.256 e.